The van der Waals surface area contributed by atoms with Crippen molar-refractivity contribution in [2.75, 3.05) is 0 Å². The Morgan fingerprint density at radius 1 is 1.12 bits per heavy atom. The maximum absolute atomic E-state index is 5.83. The fraction of sp³-hybridized carbons (Fsp3) is 0.200. The highest BCUT2D eigenvalue weighted by atomic mass is 14.6. The Balaban J connectivity index is 2.44. The van der Waals surface area contributed by atoms with Crippen LogP contribution in [0.5, 0.6) is 0 Å². The van der Waals surface area contributed by atoms with E-state index in [0.29, 0.717) is 0 Å². The molecule has 2 rings (SSSR count). The first kappa shape index (κ1) is 10.9. The Kier molecular flexibility index (Phi) is 3.07. The molecule has 2 aromatic rings. The molecule has 1 heteroatoms. The molecule has 0 saturated heterocycles. The van der Waals surface area contributed by atoms with Gasteiger partial charge >= 0.3 is 0 Å². The summed E-state index contributed by atoms with van der Waals surface area (Å²) < 4.78 is 0. The van der Waals surface area contributed by atoms with Gasteiger partial charge < -0.3 is 5.73 Å². The van der Waals surface area contributed by atoms with Gasteiger partial charge in [0.1, 0.15) is 0 Å². The average Bonchev–Trinajstić information content (AvgIpc) is 2.28. The zero-order valence-electron chi connectivity index (χ0n) is 9.77. The van der Waals surface area contributed by atoms with Gasteiger partial charge in [-0.15, -0.1) is 0 Å². The predicted octanol–water partition coefficient (Wildman–Crippen LogP) is 3.59. The maximum Gasteiger partial charge on any atom is 0.0225 e. The molecule has 0 aliphatic rings. The lowest BCUT2D eigenvalue weighted by Crippen LogP contribution is -2.15. The summed E-state index contributed by atoms with van der Waals surface area (Å²) in [6.45, 7) is 4.08. The lowest BCUT2D eigenvalue weighted by molar-refractivity contribution is 0.868. The van der Waals surface area contributed by atoms with E-state index < -0.39 is 0 Å². The van der Waals surface area contributed by atoms with E-state index in [2.05, 4.69) is 55.5 Å². The quantitative estimate of drug-likeness (QED) is 0.807. The highest BCUT2D eigenvalue weighted by Crippen LogP contribution is 2.17. The highest BCUT2D eigenvalue weighted by molar-refractivity contribution is 5.84. The minimum absolute atomic E-state index is 0.117. The smallest absolute Gasteiger partial charge is 0.0225 e. The second-order valence-corrected chi connectivity index (χ2v) is 4.28. The molecule has 0 amide bonds. The van der Waals surface area contributed by atoms with Gasteiger partial charge in [-0.05, 0) is 36.2 Å². The van der Waals surface area contributed by atoms with Crippen LogP contribution in [0.4, 0.5) is 0 Å². The van der Waals surface area contributed by atoms with Gasteiger partial charge in [0.25, 0.3) is 0 Å². The molecular formula is C15H17N. The molecule has 0 radical (unpaired) electrons. The maximum atomic E-state index is 5.83. The molecule has 2 aromatic carbocycles. The third-order valence-electron chi connectivity index (χ3n) is 2.89. The van der Waals surface area contributed by atoms with Crippen molar-refractivity contribution in [1.29, 1.82) is 0 Å². The second kappa shape index (κ2) is 4.50. The minimum Gasteiger partial charge on any atom is -0.324 e. The van der Waals surface area contributed by atoms with Crippen LogP contribution in [0.1, 0.15) is 19.4 Å². The zero-order chi connectivity index (χ0) is 11.5. The van der Waals surface area contributed by atoms with E-state index in [1.54, 1.807) is 0 Å². The monoisotopic (exact) mass is 211 g/mol. The van der Waals surface area contributed by atoms with E-state index in [9.17, 15) is 0 Å². The Labute approximate surface area is 96.6 Å². The van der Waals surface area contributed by atoms with Crippen LogP contribution >= 0.6 is 0 Å². The standard InChI is InChI=1S/C15H17N/c1-11(12(2)16)9-13-7-8-14-5-3-4-6-15(14)10-13/h3-10,12H,16H2,1-2H3/b11-9+. The van der Waals surface area contributed by atoms with Crippen molar-refractivity contribution in [3.63, 3.8) is 0 Å². The molecule has 0 spiro atoms. The average molecular weight is 211 g/mol. The molecule has 0 aliphatic heterocycles. The SMILES string of the molecule is C/C(=C\c1ccc2ccccc2c1)C(C)N. The molecular weight excluding hydrogens is 194 g/mol. The molecule has 0 heterocycles. The lowest BCUT2D eigenvalue weighted by Gasteiger charge is -2.06. The van der Waals surface area contributed by atoms with Crippen LogP contribution in [-0.4, -0.2) is 6.04 Å². The molecule has 82 valence electrons. The second-order valence-electron chi connectivity index (χ2n) is 4.28. The van der Waals surface area contributed by atoms with Gasteiger partial charge in [0.05, 0.1) is 0 Å². The number of hydrogen-bond acceptors (Lipinski definition) is 1. The summed E-state index contributed by atoms with van der Waals surface area (Å²) in [6, 6.07) is 15.0. The van der Waals surface area contributed by atoms with Gasteiger partial charge in [0, 0.05) is 6.04 Å². The van der Waals surface area contributed by atoms with Crippen molar-refractivity contribution >= 4 is 16.8 Å². The first-order valence-corrected chi connectivity index (χ1v) is 5.59. The molecule has 16 heavy (non-hydrogen) atoms. The van der Waals surface area contributed by atoms with Crippen LogP contribution in [0.3, 0.4) is 0 Å². The number of nitrogens with two attached hydrogens (primary N) is 1. The number of benzene rings is 2. The largest absolute Gasteiger partial charge is 0.324 e. The van der Waals surface area contributed by atoms with Gasteiger partial charge in [0.15, 0.2) is 0 Å². The Morgan fingerprint density at radius 2 is 1.81 bits per heavy atom. The Morgan fingerprint density at radius 3 is 2.50 bits per heavy atom. The number of rotatable bonds is 2. The zero-order valence-corrected chi connectivity index (χ0v) is 9.77. The highest BCUT2D eigenvalue weighted by Gasteiger charge is 1.98. The van der Waals surface area contributed by atoms with Crippen molar-refractivity contribution < 1.29 is 0 Å². The van der Waals surface area contributed by atoms with Gasteiger partial charge in [0.2, 0.25) is 0 Å². The van der Waals surface area contributed by atoms with E-state index in [1.165, 1.54) is 21.9 Å². The van der Waals surface area contributed by atoms with Crippen LogP contribution in [0.25, 0.3) is 16.8 Å². The first-order valence-electron chi connectivity index (χ1n) is 5.59. The van der Waals surface area contributed by atoms with Crippen LogP contribution in [0.2, 0.25) is 0 Å². The van der Waals surface area contributed by atoms with Gasteiger partial charge in [-0.25, -0.2) is 0 Å². The Bertz CT molecular complexity index is 524. The Hall–Kier alpha value is -1.60. The van der Waals surface area contributed by atoms with E-state index >= 15 is 0 Å². The first-order chi connectivity index (χ1) is 7.66. The molecule has 0 fully saturated rings. The lowest BCUT2D eigenvalue weighted by atomic mass is 10.0. The van der Waals surface area contributed by atoms with Crippen molar-refractivity contribution in [3.8, 4) is 0 Å². The molecule has 0 saturated carbocycles. The topological polar surface area (TPSA) is 26.0 Å². The van der Waals surface area contributed by atoms with E-state index in [-0.39, 0.29) is 6.04 Å². The fourth-order valence-corrected chi connectivity index (χ4v) is 1.69. The third-order valence-corrected chi connectivity index (χ3v) is 2.89. The molecule has 0 aromatic heterocycles. The molecule has 2 N–H and O–H groups in total. The summed E-state index contributed by atoms with van der Waals surface area (Å²) in [5, 5.41) is 2.55. The molecule has 0 bridgehead atoms. The summed E-state index contributed by atoms with van der Waals surface area (Å²) in [6.07, 6.45) is 2.15. The summed E-state index contributed by atoms with van der Waals surface area (Å²) >= 11 is 0. The van der Waals surface area contributed by atoms with Crippen molar-refractivity contribution in [2.24, 2.45) is 5.73 Å². The van der Waals surface area contributed by atoms with E-state index in [4.69, 9.17) is 5.73 Å². The summed E-state index contributed by atoms with van der Waals surface area (Å²) in [4.78, 5) is 0. The van der Waals surface area contributed by atoms with E-state index in [0.717, 1.165) is 0 Å². The predicted molar refractivity (Wildman–Crippen MR) is 71.2 cm³/mol. The van der Waals surface area contributed by atoms with E-state index in [1.807, 2.05) is 6.92 Å². The minimum atomic E-state index is 0.117. The van der Waals surface area contributed by atoms with Crippen molar-refractivity contribution in [2.45, 2.75) is 19.9 Å². The number of hydrogen-bond donors (Lipinski definition) is 1. The van der Waals surface area contributed by atoms with Crippen molar-refractivity contribution in [3.05, 3.63) is 53.6 Å². The summed E-state index contributed by atoms with van der Waals surface area (Å²) in [5.74, 6) is 0. The van der Waals surface area contributed by atoms with Crippen LogP contribution in [0.15, 0.2) is 48.0 Å². The molecule has 0 aliphatic carbocycles. The van der Waals surface area contributed by atoms with Crippen LogP contribution in [-0.2, 0) is 0 Å². The van der Waals surface area contributed by atoms with Crippen molar-refractivity contribution in [1.82, 2.24) is 0 Å². The van der Waals surface area contributed by atoms with Crippen LogP contribution < -0.4 is 5.73 Å². The van der Waals surface area contributed by atoms with Crippen LogP contribution in [0, 0.1) is 0 Å². The third kappa shape index (κ3) is 2.31. The number of fused-ring (bicyclic) bond motifs is 1. The van der Waals surface area contributed by atoms with Gasteiger partial charge in [-0.3, -0.25) is 0 Å². The fourth-order valence-electron chi connectivity index (χ4n) is 1.69. The molecule has 1 atom stereocenters. The molecule has 1 nitrogen and oxygen atoms in total. The normalized spacial score (nSPS) is 14.1. The summed E-state index contributed by atoms with van der Waals surface area (Å²) in [5.41, 5.74) is 8.25. The van der Waals surface area contributed by atoms with Gasteiger partial charge in [-0.2, -0.15) is 0 Å². The molecule has 1 unspecified atom stereocenters. The summed E-state index contributed by atoms with van der Waals surface area (Å²) in [7, 11) is 0. The van der Waals surface area contributed by atoms with Gasteiger partial charge in [-0.1, -0.05) is 48.0 Å².